The van der Waals surface area contributed by atoms with Crippen molar-refractivity contribution in [3.05, 3.63) is 74.7 Å². The zero-order chi connectivity index (χ0) is 27.1. The van der Waals surface area contributed by atoms with Crippen molar-refractivity contribution in [3.8, 4) is 34.1 Å². The van der Waals surface area contributed by atoms with Gasteiger partial charge in [0.05, 0.1) is 18.2 Å². The first-order valence-electron chi connectivity index (χ1n) is 12.3. The van der Waals surface area contributed by atoms with E-state index in [1.807, 2.05) is 59.8 Å². The minimum Gasteiger partial charge on any atom is -0.508 e. The van der Waals surface area contributed by atoms with Crippen molar-refractivity contribution < 1.29 is 24.1 Å². The highest BCUT2D eigenvalue weighted by Crippen LogP contribution is 2.46. The maximum absolute atomic E-state index is 14.0. The molecule has 0 saturated heterocycles. The van der Waals surface area contributed by atoms with Gasteiger partial charge in [-0.2, -0.15) is 0 Å². The van der Waals surface area contributed by atoms with Crippen molar-refractivity contribution in [2.45, 2.75) is 60.0 Å². The average Bonchev–Trinajstić information content (AvgIpc) is 2.82. The molecule has 6 heteroatoms. The van der Waals surface area contributed by atoms with Crippen LogP contribution in [0.4, 0.5) is 0 Å². The fourth-order valence-corrected chi connectivity index (χ4v) is 4.51. The van der Waals surface area contributed by atoms with Crippen molar-refractivity contribution >= 4 is 17.0 Å². The van der Waals surface area contributed by atoms with E-state index in [0.29, 0.717) is 46.6 Å². The van der Waals surface area contributed by atoms with Crippen molar-refractivity contribution in [3.63, 3.8) is 0 Å². The molecular formula is C31H34O6. The predicted octanol–water partition coefficient (Wildman–Crippen LogP) is 7.08. The zero-order valence-electron chi connectivity index (χ0n) is 22.5. The Morgan fingerprint density at radius 1 is 1.00 bits per heavy atom. The minimum atomic E-state index is -0.575. The van der Waals surface area contributed by atoms with Gasteiger partial charge in [-0.3, -0.25) is 4.79 Å². The van der Waals surface area contributed by atoms with Crippen LogP contribution >= 0.6 is 0 Å². The normalized spacial score (nSPS) is 13.6. The fourth-order valence-electron chi connectivity index (χ4n) is 4.51. The first-order chi connectivity index (χ1) is 17.4. The number of methoxy groups -OCH3 is 1. The molecule has 4 rings (SSSR count). The van der Waals surface area contributed by atoms with E-state index in [-0.39, 0.29) is 28.0 Å². The lowest BCUT2D eigenvalue weighted by Gasteiger charge is -2.30. The Morgan fingerprint density at radius 3 is 2.27 bits per heavy atom. The van der Waals surface area contributed by atoms with E-state index in [1.165, 1.54) is 13.4 Å². The maximum atomic E-state index is 14.0. The smallest absolute Gasteiger partial charge is 0.204 e. The molecule has 0 aliphatic carbocycles. The van der Waals surface area contributed by atoms with Gasteiger partial charge in [0.15, 0.2) is 0 Å². The number of ether oxygens (including phenoxy) is 2. The summed E-state index contributed by atoms with van der Waals surface area (Å²) >= 11 is 0. The van der Waals surface area contributed by atoms with E-state index >= 15 is 0 Å². The van der Waals surface area contributed by atoms with Crippen LogP contribution < -0.4 is 14.9 Å². The van der Waals surface area contributed by atoms with Gasteiger partial charge in [0.1, 0.15) is 45.8 Å². The van der Waals surface area contributed by atoms with Crippen molar-refractivity contribution in [2.75, 3.05) is 7.11 Å². The number of hydrogen-bond donors (Lipinski definition) is 2. The summed E-state index contributed by atoms with van der Waals surface area (Å²) in [5.41, 5.74) is 3.95. The Bertz CT molecular complexity index is 1520. The number of rotatable bonds is 6. The third-order valence-electron chi connectivity index (χ3n) is 6.45. The summed E-state index contributed by atoms with van der Waals surface area (Å²) in [7, 11) is 1.50. The summed E-state index contributed by atoms with van der Waals surface area (Å²) in [4.78, 5) is 14.0. The Labute approximate surface area is 217 Å². The third kappa shape index (κ3) is 4.88. The molecule has 37 heavy (non-hydrogen) atoms. The second-order valence-electron chi connectivity index (χ2n) is 10.4. The Hall–Kier alpha value is -3.93. The number of aromatic hydroxyl groups is 2. The van der Waals surface area contributed by atoms with Gasteiger partial charge in [-0.25, -0.2) is 0 Å². The van der Waals surface area contributed by atoms with Crippen molar-refractivity contribution in [1.29, 1.82) is 0 Å². The number of benzene rings is 2. The van der Waals surface area contributed by atoms with E-state index < -0.39 is 11.0 Å². The Balaban J connectivity index is 2.03. The van der Waals surface area contributed by atoms with Crippen LogP contribution in [0.25, 0.3) is 28.2 Å². The molecule has 0 saturated carbocycles. The zero-order valence-corrected chi connectivity index (χ0v) is 22.5. The van der Waals surface area contributed by atoms with Crippen LogP contribution in [-0.2, 0) is 12.8 Å². The van der Waals surface area contributed by atoms with Gasteiger partial charge in [-0.05, 0) is 78.7 Å². The first-order valence-corrected chi connectivity index (χ1v) is 12.3. The molecule has 1 aromatic heterocycles. The molecule has 194 valence electrons. The molecule has 0 radical (unpaired) electrons. The number of fused-ring (bicyclic) bond motifs is 2. The van der Waals surface area contributed by atoms with Crippen molar-refractivity contribution in [1.82, 2.24) is 0 Å². The summed E-state index contributed by atoms with van der Waals surface area (Å²) in [5, 5.41) is 21.9. The van der Waals surface area contributed by atoms with Gasteiger partial charge >= 0.3 is 0 Å². The second-order valence-corrected chi connectivity index (χ2v) is 10.4. The molecular weight excluding hydrogens is 468 g/mol. The van der Waals surface area contributed by atoms with Gasteiger partial charge < -0.3 is 24.1 Å². The first kappa shape index (κ1) is 26.1. The van der Waals surface area contributed by atoms with Crippen LogP contribution in [0.2, 0.25) is 0 Å². The standard InChI is InChI=1S/C31H34O6/c1-17(2)8-10-20-24(32)13-12-19(28(20)35-7)23-16-36-30-22(11-9-18(3)4)29-21(14-15-31(5,6)37-29)26(33)25(30)27(23)34/h8-9,12-16,32-33H,10-11H2,1-7H3. The van der Waals surface area contributed by atoms with Crippen LogP contribution in [-0.4, -0.2) is 22.9 Å². The van der Waals surface area contributed by atoms with Crippen LogP contribution in [0.15, 0.2) is 57.0 Å². The van der Waals surface area contributed by atoms with Gasteiger partial charge in [0.2, 0.25) is 5.43 Å². The number of phenolic OH excluding ortho intramolecular Hbond substituents is 2. The largest absolute Gasteiger partial charge is 0.508 e. The third-order valence-corrected chi connectivity index (χ3v) is 6.45. The molecule has 1 aliphatic heterocycles. The SMILES string of the molecule is COc1c(-c2coc3c(CC=C(C)C)c4c(c(O)c3c2=O)C=CC(C)(C)O4)ccc(O)c1CC=C(C)C. The summed E-state index contributed by atoms with van der Waals surface area (Å²) in [6, 6.07) is 3.17. The topological polar surface area (TPSA) is 89.1 Å². The minimum absolute atomic E-state index is 0.0779. The lowest BCUT2D eigenvalue weighted by Crippen LogP contribution is -2.28. The monoisotopic (exact) mass is 502 g/mol. The highest BCUT2D eigenvalue weighted by atomic mass is 16.5. The van der Waals surface area contributed by atoms with Crippen LogP contribution in [0.1, 0.15) is 58.2 Å². The van der Waals surface area contributed by atoms with Crippen LogP contribution in [0.3, 0.4) is 0 Å². The van der Waals surface area contributed by atoms with Crippen LogP contribution in [0.5, 0.6) is 23.0 Å². The van der Waals surface area contributed by atoms with Gasteiger partial charge in [0.25, 0.3) is 0 Å². The predicted molar refractivity (Wildman–Crippen MR) is 148 cm³/mol. The molecule has 6 nitrogen and oxygen atoms in total. The Morgan fingerprint density at radius 2 is 1.65 bits per heavy atom. The highest BCUT2D eigenvalue weighted by Gasteiger charge is 2.31. The molecule has 2 N–H and O–H groups in total. The summed E-state index contributed by atoms with van der Waals surface area (Å²) < 4.78 is 18.0. The fraction of sp³-hybridized carbons (Fsp3) is 0.323. The van der Waals surface area contributed by atoms with E-state index in [9.17, 15) is 15.0 Å². The molecule has 0 amide bonds. The van der Waals surface area contributed by atoms with Gasteiger partial charge in [-0.15, -0.1) is 0 Å². The molecule has 0 bridgehead atoms. The van der Waals surface area contributed by atoms with E-state index in [4.69, 9.17) is 13.9 Å². The van der Waals surface area contributed by atoms with Gasteiger partial charge in [0, 0.05) is 16.7 Å². The van der Waals surface area contributed by atoms with Crippen LogP contribution in [0, 0.1) is 0 Å². The van der Waals surface area contributed by atoms with Crippen molar-refractivity contribution in [2.24, 2.45) is 0 Å². The number of hydrogen-bond acceptors (Lipinski definition) is 6. The lowest BCUT2D eigenvalue weighted by atomic mass is 9.93. The molecule has 2 heterocycles. The number of phenols is 2. The summed E-state index contributed by atoms with van der Waals surface area (Å²) in [6.45, 7) is 11.8. The number of allylic oxidation sites excluding steroid dienone is 4. The van der Waals surface area contributed by atoms with E-state index in [1.54, 1.807) is 18.2 Å². The lowest BCUT2D eigenvalue weighted by molar-refractivity contribution is 0.157. The van der Waals surface area contributed by atoms with Gasteiger partial charge in [-0.1, -0.05) is 23.3 Å². The maximum Gasteiger partial charge on any atom is 0.204 e. The second kappa shape index (κ2) is 9.85. The molecule has 0 atom stereocenters. The van der Waals surface area contributed by atoms with E-state index in [0.717, 1.165) is 11.1 Å². The molecule has 0 unspecified atom stereocenters. The Kier molecular flexibility index (Phi) is 6.96. The molecule has 1 aliphatic rings. The molecule has 3 aromatic rings. The molecule has 0 spiro atoms. The highest BCUT2D eigenvalue weighted by molar-refractivity contribution is 5.96. The summed E-state index contributed by atoms with van der Waals surface area (Å²) in [5.74, 6) is 0.790. The quantitative estimate of drug-likeness (QED) is 0.350. The average molecular weight is 503 g/mol. The van der Waals surface area contributed by atoms with E-state index in [2.05, 4.69) is 0 Å². The molecule has 2 aromatic carbocycles. The summed E-state index contributed by atoms with van der Waals surface area (Å²) in [6.07, 6.45) is 9.97. The molecule has 0 fully saturated rings.